The highest BCUT2D eigenvalue weighted by atomic mass is 16.5. The minimum atomic E-state index is -0.287. The van der Waals surface area contributed by atoms with Gasteiger partial charge in [-0.25, -0.2) is 0 Å². The SMILES string of the molecule is CNC[C@H](CCCCCC(=O)CC(=O)/C=C/c1cc(OC)c(O)cc1CC1=CNC(N)C=C1CCc1cccc(CCc2ccccc2)c1)CCCC(C)C. The van der Waals surface area contributed by atoms with Gasteiger partial charge in [0.25, 0.3) is 0 Å². The zero-order valence-corrected chi connectivity index (χ0v) is 33.7. The summed E-state index contributed by atoms with van der Waals surface area (Å²) in [5.41, 5.74) is 14.1. The number of unbranched alkanes of at least 4 members (excludes halogenated alkanes) is 2. The molecule has 0 aromatic heterocycles. The number of Topliss-reactive ketones (excluding diaryl/α,β-unsaturated/α-hetero) is 1. The molecule has 7 heteroatoms. The molecule has 0 saturated heterocycles. The first-order valence-electron chi connectivity index (χ1n) is 20.4. The van der Waals surface area contributed by atoms with Gasteiger partial charge in [-0.05, 0) is 140 Å². The Morgan fingerprint density at radius 3 is 2.31 bits per heavy atom. The number of methoxy groups -OCH3 is 1. The first-order chi connectivity index (χ1) is 26.6. The molecule has 5 N–H and O–H groups in total. The second kappa shape index (κ2) is 23.5. The Balaban J connectivity index is 1.32. The first kappa shape index (κ1) is 43.3. The number of aromatic hydroxyl groups is 1. The van der Waals surface area contributed by atoms with Crippen LogP contribution in [-0.4, -0.2) is 43.5 Å². The highest BCUT2D eigenvalue weighted by Crippen LogP contribution is 2.33. The Bertz CT molecular complexity index is 1740. The summed E-state index contributed by atoms with van der Waals surface area (Å²) in [6.07, 6.45) is 19.4. The lowest BCUT2D eigenvalue weighted by atomic mass is 9.89. The van der Waals surface area contributed by atoms with Crippen molar-refractivity contribution in [1.29, 1.82) is 0 Å². The van der Waals surface area contributed by atoms with E-state index in [1.54, 1.807) is 18.2 Å². The Labute approximate surface area is 330 Å². The number of benzene rings is 3. The number of phenolic OH excluding ortho intramolecular Hbond substituents is 1. The normalized spacial score (nSPS) is 14.8. The molecule has 0 spiro atoms. The molecular weight excluding hydrogens is 683 g/mol. The van der Waals surface area contributed by atoms with Crippen LogP contribution in [-0.2, 0) is 35.3 Å². The van der Waals surface area contributed by atoms with Crippen LogP contribution in [0.25, 0.3) is 6.08 Å². The van der Waals surface area contributed by atoms with Crippen molar-refractivity contribution in [2.45, 2.75) is 110 Å². The van der Waals surface area contributed by atoms with Crippen LogP contribution in [0.1, 0.15) is 106 Å². The van der Waals surface area contributed by atoms with Gasteiger partial charge in [0, 0.05) is 12.6 Å². The summed E-state index contributed by atoms with van der Waals surface area (Å²) in [7, 11) is 3.52. The van der Waals surface area contributed by atoms with Gasteiger partial charge in [0.1, 0.15) is 5.78 Å². The predicted octanol–water partition coefficient (Wildman–Crippen LogP) is 9.21. The van der Waals surface area contributed by atoms with E-state index in [2.05, 4.69) is 85.2 Å². The third-order valence-electron chi connectivity index (χ3n) is 10.6. The third-order valence-corrected chi connectivity index (χ3v) is 10.6. The van der Waals surface area contributed by atoms with Crippen molar-refractivity contribution < 1.29 is 19.4 Å². The second-order valence-corrected chi connectivity index (χ2v) is 15.6. The van der Waals surface area contributed by atoms with Crippen LogP contribution in [0.2, 0.25) is 0 Å². The van der Waals surface area contributed by atoms with E-state index >= 15 is 0 Å². The maximum absolute atomic E-state index is 13.0. The summed E-state index contributed by atoms with van der Waals surface area (Å²) in [4.78, 5) is 25.7. The number of aryl methyl sites for hydroxylation is 3. The van der Waals surface area contributed by atoms with Gasteiger partial charge < -0.3 is 26.2 Å². The van der Waals surface area contributed by atoms with E-state index in [4.69, 9.17) is 10.5 Å². The second-order valence-electron chi connectivity index (χ2n) is 15.6. The maximum atomic E-state index is 13.0. The van der Waals surface area contributed by atoms with Gasteiger partial charge in [-0.3, -0.25) is 9.59 Å². The minimum absolute atomic E-state index is 0.0202. The van der Waals surface area contributed by atoms with Crippen LogP contribution >= 0.6 is 0 Å². The monoisotopic (exact) mass is 747 g/mol. The van der Waals surface area contributed by atoms with Gasteiger partial charge in [0.15, 0.2) is 17.3 Å². The maximum Gasteiger partial charge on any atom is 0.163 e. The molecule has 3 aromatic rings. The number of allylic oxidation sites excluding steroid dienone is 3. The molecule has 1 aliphatic heterocycles. The van der Waals surface area contributed by atoms with Crippen molar-refractivity contribution in [1.82, 2.24) is 10.6 Å². The molecule has 1 unspecified atom stereocenters. The summed E-state index contributed by atoms with van der Waals surface area (Å²) in [5, 5.41) is 17.3. The van der Waals surface area contributed by atoms with Crippen LogP contribution in [0.4, 0.5) is 0 Å². The van der Waals surface area contributed by atoms with Crippen LogP contribution in [0.3, 0.4) is 0 Å². The van der Waals surface area contributed by atoms with Gasteiger partial charge in [-0.2, -0.15) is 0 Å². The number of ketones is 2. The zero-order valence-electron chi connectivity index (χ0n) is 33.7. The number of rotatable bonds is 25. The Hall–Kier alpha value is -4.46. The van der Waals surface area contributed by atoms with Crippen molar-refractivity contribution in [2.75, 3.05) is 20.7 Å². The highest BCUT2D eigenvalue weighted by molar-refractivity contribution is 6.06. The van der Waals surface area contributed by atoms with E-state index in [1.165, 1.54) is 55.6 Å². The first-order valence-corrected chi connectivity index (χ1v) is 20.4. The topological polar surface area (TPSA) is 114 Å². The molecular formula is C48H65N3O4. The van der Waals surface area contributed by atoms with Crippen LogP contribution in [0.5, 0.6) is 11.5 Å². The molecule has 1 heterocycles. The lowest BCUT2D eigenvalue weighted by molar-refractivity contribution is -0.124. The molecule has 0 fully saturated rings. The molecule has 3 aromatic carbocycles. The van der Waals surface area contributed by atoms with E-state index in [-0.39, 0.29) is 29.9 Å². The number of nitrogens with two attached hydrogens (primary N) is 1. The Morgan fingerprint density at radius 1 is 0.873 bits per heavy atom. The average molecular weight is 748 g/mol. The fourth-order valence-electron chi connectivity index (χ4n) is 7.44. The Kier molecular flexibility index (Phi) is 18.5. The standard InChI is InChI=1S/C48H65N3O4/c1-35(2)13-11-19-39(33-50-3)16-9-6-10-20-44(52)32-45(53)26-25-40-30-47(55-4)46(54)29-42(40)28-43-34-51-48(49)31-41(43)24-23-38-18-12-17-37(27-38)22-21-36-14-7-5-8-15-36/h5,7-8,12,14-15,17-18,25-27,29-31,34-35,39,48,50-51,54H,6,9-11,13,16,19-24,28,32-33,49H2,1-4H3/b26-25+/t39-,48?/m1/s1. The summed E-state index contributed by atoms with van der Waals surface area (Å²) < 4.78 is 5.42. The molecule has 1 aliphatic rings. The summed E-state index contributed by atoms with van der Waals surface area (Å²) in [5.74, 6) is 1.53. The number of carbonyl (C=O) groups excluding carboxylic acids is 2. The van der Waals surface area contributed by atoms with Gasteiger partial charge in [-0.1, -0.05) is 100 Å². The zero-order chi connectivity index (χ0) is 39.4. The third kappa shape index (κ3) is 15.7. The molecule has 55 heavy (non-hydrogen) atoms. The molecule has 0 radical (unpaired) electrons. The number of hydrogen-bond donors (Lipinski definition) is 4. The van der Waals surface area contributed by atoms with Gasteiger partial charge >= 0.3 is 0 Å². The van der Waals surface area contributed by atoms with Crippen molar-refractivity contribution in [3.63, 3.8) is 0 Å². The van der Waals surface area contributed by atoms with E-state index < -0.39 is 0 Å². The highest BCUT2D eigenvalue weighted by Gasteiger charge is 2.18. The molecule has 2 atom stereocenters. The van der Waals surface area contributed by atoms with Crippen molar-refractivity contribution in [3.8, 4) is 11.5 Å². The van der Waals surface area contributed by atoms with Crippen LogP contribution < -0.4 is 21.1 Å². The number of phenols is 1. The summed E-state index contributed by atoms with van der Waals surface area (Å²) in [6, 6.07) is 22.8. The molecule has 296 valence electrons. The lowest BCUT2D eigenvalue weighted by Crippen LogP contribution is -2.35. The van der Waals surface area contributed by atoms with Gasteiger partial charge in [-0.15, -0.1) is 0 Å². The fraction of sp³-hybridized carbons (Fsp3) is 0.458. The number of carbonyl (C=O) groups is 2. The molecule has 0 bridgehead atoms. The molecule has 4 rings (SSSR count). The largest absolute Gasteiger partial charge is 0.504 e. The number of nitrogens with one attached hydrogen (secondary N) is 2. The smallest absolute Gasteiger partial charge is 0.163 e. The summed E-state index contributed by atoms with van der Waals surface area (Å²) >= 11 is 0. The quantitative estimate of drug-likeness (QED) is 0.0388. The molecule has 7 nitrogen and oxygen atoms in total. The van der Waals surface area contributed by atoms with Crippen molar-refractivity contribution in [2.24, 2.45) is 17.6 Å². The van der Waals surface area contributed by atoms with E-state index in [1.807, 2.05) is 13.2 Å². The van der Waals surface area contributed by atoms with Gasteiger partial charge in [0.2, 0.25) is 0 Å². The number of ether oxygens (including phenoxy) is 1. The van der Waals surface area contributed by atoms with Crippen LogP contribution in [0.15, 0.2) is 96.2 Å². The van der Waals surface area contributed by atoms with E-state index in [9.17, 15) is 14.7 Å². The number of hydrogen-bond acceptors (Lipinski definition) is 7. The van der Waals surface area contributed by atoms with Crippen molar-refractivity contribution >= 4 is 17.6 Å². The summed E-state index contributed by atoms with van der Waals surface area (Å²) in [6.45, 7) is 5.60. The number of dihydropyridines is 1. The predicted molar refractivity (Wildman–Crippen MR) is 227 cm³/mol. The Morgan fingerprint density at radius 2 is 1.58 bits per heavy atom. The molecule has 0 aliphatic carbocycles. The molecule has 0 saturated carbocycles. The fourth-order valence-corrected chi connectivity index (χ4v) is 7.44. The lowest BCUT2D eigenvalue weighted by Gasteiger charge is -2.22. The minimum Gasteiger partial charge on any atom is -0.504 e. The van der Waals surface area contributed by atoms with Gasteiger partial charge in [0.05, 0.1) is 19.7 Å². The van der Waals surface area contributed by atoms with Crippen LogP contribution in [0, 0.1) is 11.8 Å². The average Bonchev–Trinajstić information content (AvgIpc) is 3.17. The van der Waals surface area contributed by atoms with Crippen molar-refractivity contribution in [3.05, 3.63) is 124 Å². The molecule has 0 amide bonds. The van der Waals surface area contributed by atoms with E-state index in [0.29, 0.717) is 24.5 Å². The van der Waals surface area contributed by atoms with E-state index in [0.717, 1.165) is 79.7 Å².